The van der Waals surface area contributed by atoms with Gasteiger partial charge in [0.25, 0.3) is 0 Å². The fourth-order valence-electron chi connectivity index (χ4n) is 1.84. The second-order valence-electron chi connectivity index (χ2n) is 3.48. The molecule has 0 aromatic heterocycles. The maximum atomic E-state index is 9.78. The van der Waals surface area contributed by atoms with Crippen LogP contribution in [0.2, 0.25) is 0 Å². The van der Waals surface area contributed by atoms with Crippen LogP contribution in [0.3, 0.4) is 0 Å². The van der Waals surface area contributed by atoms with Gasteiger partial charge in [-0.25, -0.2) is 0 Å². The van der Waals surface area contributed by atoms with Gasteiger partial charge in [-0.2, -0.15) is 0 Å². The third-order valence-corrected chi connectivity index (χ3v) is 2.34. The van der Waals surface area contributed by atoms with Crippen LogP contribution in [-0.4, -0.2) is 16.7 Å². The summed E-state index contributed by atoms with van der Waals surface area (Å²) in [5.41, 5.74) is 5.27. The van der Waals surface area contributed by atoms with Crippen LogP contribution in [0.5, 0.6) is 0 Å². The highest BCUT2D eigenvalue weighted by Gasteiger charge is 2.34. The van der Waals surface area contributed by atoms with Gasteiger partial charge in [0.15, 0.2) is 0 Å². The Labute approximate surface area is 62.4 Å². The molecule has 0 bridgehead atoms. The topological polar surface area (TPSA) is 46.2 Å². The summed E-state index contributed by atoms with van der Waals surface area (Å²) in [6, 6.07) is 0.247. The maximum Gasteiger partial charge on any atom is 0.0663 e. The molecule has 1 aliphatic rings. The Morgan fingerprint density at radius 3 is 2.80 bits per heavy atom. The van der Waals surface area contributed by atoms with Crippen LogP contribution in [0.1, 0.15) is 39.0 Å². The molecular weight excluding hydrogens is 126 g/mol. The lowest BCUT2D eigenvalue weighted by atomic mass is 9.96. The second-order valence-corrected chi connectivity index (χ2v) is 3.48. The Bertz CT molecular complexity index is 112. The summed E-state index contributed by atoms with van der Waals surface area (Å²) in [4.78, 5) is 0. The van der Waals surface area contributed by atoms with E-state index in [1.165, 1.54) is 0 Å². The molecule has 2 atom stereocenters. The minimum absolute atomic E-state index is 0.247. The maximum absolute atomic E-state index is 9.78. The minimum Gasteiger partial charge on any atom is -0.390 e. The molecule has 60 valence electrons. The van der Waals surface area contributed by atoms with Crippen molar-refractivity contribution in [2.24, 2.45) is 5.73 Å². The molecule has 0 aliphatic heterocycles. The Hall–Kier alpha value is -0.0800. The molecule has 0 spiro atoms. The molecule has 0 radical (unpaired) electrons. The molecule has 1 saturated carbocycles. The van der Waals surface area contributed by atoms with Crippen molar-refractivity contribution in [3.8, 4) is 0 Å². The summed E-state index contributed by atoms with van der Waals surface area (Å²) in [6.45, 7) is 2.10. The first-order valence-corrected chi connectivity index (χ1v) is 4.14. The molecule has 10 heavy (non-hydrogen) atoms. The van der Waals surface area contributed by atoms with Crippen LogP contribution >= 0.6 is 0 Å². The van der Waals surface area contributed by atoms with Crippen molar-refractivity contribution < 1.29 is 5.11 Å². The van der Waals surface area contributed by atoms with Crippen molar-refractivity contribution in [2.45, 2.75) is 50.7 Å². The van der Waals surface area contributed by atoms with Gasteiger partial charge in [0.2, 0.25) is 0 Å². The number of rotatable bonds is 2. The molecule has 3 N–H and O–H groups in total. The molecule has 0 saturated heterocycles. The van der Waals surface area contributed by atoms with Crippen LogP contribution < -0.4 is 5.73 Å². The zero-order chi connectivity index (χ0) is 7.61. The van der Waals surface area contributed by atoms with Gasteiger partial charge in [-0.3, -0.25) is 0 Å². The smallest absolute Gasteiger partial charge is 0.0663 e. The molecular formula is C8H17NO. The lowest BCUT2D eigenvalue weighted by Crippen LogP contribution is -2.27. The van der Waals surface area contributed by atoms with Crippen LogP contribution in [0.25, 0.3) is 0 Å². The largest absolute Gasteiger partial charge is 0.390 e. The van der Waals surface area contributed by atoms with Gasteiger partial charge in [0.1, 0.15) is 0 Å². The molecule has 0 heterocycles. The molecule has 1 aliphatic carbocycles. The van der Waals surface area contributed by atoms with Crippen molar-refractivity contribution in [1.82, 2.24) is 0 Å². The number of aliphatic hydroxyl groups is 1. The summed E-state index contributed by atoms with van der Waals surface area (Å²) < 4.78 is 0. The van der Waals surface area contributed by atoms with Gasteiger partial charge in [0.05, 0.1) is 5.60 Å². The number of hydrogen-bond acceptors (Lipinski definition) is 2. The Kier molecular flexibility index (Phi) is 2.32. The molecule has 0 aromatic carbocycles. The van der Waals surface area contributed by atoms with E-state index in [4.69, 9.17) is 5.73 Å². The average Bonchev–Trinajstić information content (AvgIpc) is 2.12. The molecule has 2 nitrogen and oxygen atoms in total. The van der Waals surface area contributed by atoms with Crippen LogP contribution in [0, 0.1) is 0 Å². The molecule has 1 rings (SSSR count). The van der Waals surface area contributed by atoms with E-state index < -0.39 is 5.60 Å². The van der Waals surface area contributed by atoms with E-state index in [0.29, 0.717) is 0 Å². The summed E-state index contributed by atoms with van der Waals surface area (Å²) in [7, 11) is 0. The molecule has 0 amide bonds. The van der Waals surface area contributed by atoms with Gasteiger partial charge < -0.3 is 10.8 Å². The van der Waals surface area contributed by atoms with Gasteiger partial charge >= 0.3 is 0 Å². The normalized spacial score (nSPS) is 40.5. The zero-order valence-corrected chi connectivity index (χ0v) is 6.64. The number of hydrogen-bond donors (Lipinski definition) is 2. The lowest BCUT2D eigenvalue weighted by molar-refractivity contribution is 0.0368. The Morgan fingerprint density at radius 1 is 1.70 bits per heavy atom. The first kappa shape index (κ1) is 8.02. The fourth-order valence-corrected chi connectivity index (χ4v) is 1.84. The highest BCUT2D eigenvalue weighted by molar-refractivity contribution is 4.90. The molecule has 0 aromatic rings. The number of nitrogens with two attached hydrogens (primary N) is 1. The van der Waals surface area contributed by atoms with Crippen molar-refractivity contribution in [1.29, 1.82) is 0 Å². The monoisotopic (exact) mass is 143 g/mol. The lowest BCUT2D eigenvalue weighted by Gasteiger charge is -2.20. The molecule has 2 heteroatoms. The SMILES string of the molecule is CCCC1(O)CCC(N)C1. The highest BCUT2D eigenvalue weighted by atomic mass is 16.3. The van der Waals surface area contributed by atoms with Crippen LogP contribution in [0.15, 0.2) is 0 Å². The average molecular weight is 143 g/mol. The summed E-state index contributed by atoms with van der Waals surface area (Å²) in [5.74, 6) is 0. The predicted octanol–water partition coefficient (Wildman–Crippen LogP) is 1.03. The van der Waals surface area contributed by atoms with Crippen molar-refractivity contribution >= 4 is 0 Å². The standard InChI is InChI=1S/C8H17NO/c1-2-4-8(10)5-3-7(9)6-8/h7,10H,2-6,9H2,1H3. The van der Waals surface area contributed by atoms with Crippen molar-refractivity contribution in [3.63, 3.8) is 0 Å². The van der Waals surface area contributed by atoms with E-state index in [1.807, 2.05) is 0 Å². The second kappa shape index (κ2) is 2.89. The van der Waals surface area contributed by atoms with Gasteiger partial charge in [-0.1, -0.05) is 13.3 Å². The van der Waals surface area contributed by atoms with E-state index in [-0.39, 0.29) is 6.04 Å². The van der Waals surface area contributed by atoms with E-state index in [0.717, 1.165) is 32.1 Å². The van der Waals surface area contributed by atoms with E-state index in [2.05, 4.69) is 6.92 Å². The Morgan fingerprint density at radius 2 is 2.40 bits per heavy atom. The van der Waals surface area contributed by atoms with E-state index in [1.54, 1.807) is 0 Å². The third-order valence-electron chi connectivity index (χ3n) is 2.34. The van der Waals surface area contributed by atoms with Crippen LogP contribution in [-0.2, 0) is 0 Å². The Balaban J connectivity index is 2.38. The zero-order valence-electron chi connectivity index (χ0n) is 6.64. The summed E-state index contributed by atoms with van der Waals surface area (Å²) in [5, 5.41) is 9.78. The van der Waals surface area contributed by atoms with Crippen LogP contribution in [0.4, 0.5) is 0 Å². The van der Waals surface area contributed by atoms with Gasteiger partial charge in [0, 0.05) is 6.04 Å². The first-order chi connectivity index (χ1) is 4.66. The van der Waals surface area contributed by atoms with Gasteiger partial charge in [-0.05, 0) is 25.7 Å². The summed E-state index contributed by atoms with van der Waals surface area (Å²) >= 11 is 0. The third kappa shape index (κ3) is 1.70. The quantitative estimate of drug-likeness (QED) is 0.606. The minimum atomic E-state index is -0.409. The van der Waals surface area contributed by atoms with Gasteiger partial charge in [-0.15, -0.1) is 0 Å². The van der Waals surface area contributed by atoms with Crippen molar-refractivity contribution in [3.05, 3.63) is 0 Å². The fraction of sp³-hybridized carbons (Fsp3) is 1.00. The first-order valence-electron chi connectivity index (χ1n) is 4.14. The van der Waals surface area contributed by atoms with E-state index >= 15 is 0 Å². The molecule has 2 unspecified atom stereocenters. The predicted molar refractivity (Wildman–Crippen MR) is 41.7 cm³/mol. The van der Waals surface area contributed by atoms with E-state index in [9.17, 15) is 5.11 Å². The molecule has 1 fully saturated rings. The highest BCUT2D eigenvalue weighted by Crippen LogP contribution is 2.32. The summed E-state index contributed by atoms with van der Waals surface area (Å²) in [6.07, 6.45) is 4.68. The van der Waals surface area contributed by atoms with Crippen molar-refractivity contribution in [2.75, 3.05) is 0 Å².